The van der Waals surface area contributed by atoms with E-state index in [4.69, 9.17) is 10.5 Å². The van der Waals surface area contributed by atoms with Crippen molar-refractivity contribution in [1.82, 2.24) is 0 Å². The summed E-state index contributed by atoms with van der Waals surface area (Å²) < 4.78 is 32.9. The first kappa shape index (κ1) is 15.8. The maximum absolute atomic E-state index is 14.1. The molecule has 3 nitrogen and oxygen atoms in total. The molecule has 0 aliphatic rings. The van der Waals surface area contributed by atoms with Crippen molar-refractivity contribution in [2.75, 3.05) is 25.2 Å². The number of benzene rings is 1. The summed E-state index contributed by atoms with van der Waals surface area (Å²) in [5, 5.41) is 0. The molecule has 1 aromatic rings. The summed E-state index contributed by atoms with van der Waals surface area (Å²) in [5.41, 5.74) is 5.45. The van der Waals surface area contributed by atoms with Crippen LogP contribution >= 0.6 is 12.2 Å². The molecule has 6 heteroatoms. The third kappa shape index (κ3) is 3.61. The molecule has 0 aromatic heterocycles. The Morgan fingerprint density at radius 2 is 2.00 bits per heavy atom. The van der Waals surface area contributed by atoms with Crippen LogP contribution in [0.3, 0.4) is 0 Å². The molecule has 19 heavy (non-hydrogen) atoms. The van der Waals surface area contributed by atoms with E-state index in [9.17, 15) is 8.78 Å². The second-order valence-electron chi connectivity index (χ2n) is 4.40. The van der Waals surface area contributed by atoms with Crippen LogP contribution in [-0.4, -0.2) is 31.3 Å². The van der Waals surface area contributed by atoms with Crippen LogP contribution in [0.5, 0.6) is 0 Å². The van der Waals surface area contributed by atoms with Crippen LogP contribution in [0.25, 0.3) is 0 Å². The molecule has 2 N–H and O–H groups in total. The second kappa shape index (κ2) is 6.77. The molecule has 0 bridgehead atoms. The minimum Gasteiger partial charge on any atom is -0.389 e. The molecule has 1 rings (SSSR count). The average Bonchev–Trinajstić information content (AvgIpc) is 2.33. The third-order valence-corrected chi connectivity index (χ3v) is 3.02. The van der Waals surface area contributed by atoms with Gasteiger partial charge in [-0.25, -0.2) is 8.78 Å². The standard InChI is InChI=1S/C13H18F2N2OS/c1-8(2)17(6-7-18-3)10-5-4-9(13(16)19)11(14)12(10)15/h4-5,8H,6-7H2,1-3H3,(H2,16,19). The Bertz CT molecular complexity index is 466. The van der Waals surface area contributed by atoms with Gasteiger partial charge in [0.05, 0.1) is 12.3 Å². The lowest BCUT2D eigenvalue weighted by atomic mass is 10.1. The first-order chi connectivity index (χ1) is 8.90. The van der Waals surface area contributed by atoms with Crippen molar-refractivity contribution in [3.63, 3.8) is 0 Å². The number of thiocarbonyl (C=S) groups is 1. The molecule has 0 amide bonds. The molecule has 1 aromatic carbocycles. The van der Waals surface area contributed by atoms with E-state index in [2.05, 4.69) is 12.2 Å². The van der Waals surface area contributed by atoms with Gasteiger partial charge >= 0.3 is 0 Å². The zero-order valence-electron chi connectivity index (χ0n) is 11.2. The van der Waals surface area contributed by atoms with Gasteiger partial charge in [0.15, 0.2) is 11.6 Å². The molecule has 0 radical (unpaired) electrons. The quantitative estimate of drug-likeness (QED) is 0.816. The molecular weight excluding hydrogens is 270 g/mol. The highest BCUT2D eigenvalue weighted by Crippen LogP contribution is 2.25. The molecule has 0 aliphatic carbocycles. The minimum absolute atomic E-state index is 0.0136. The van der Waals surface area contributed by atoms with E-state index < -0.39 is 11.6 Å². The van der Waals surface area contributed by atoms with E-state index in [1.165, 1.54) is 12.1 Å². The maximum atomic E-state index is 14.1. The van der Waals surface area contributed by atoms with Crippen molar-refractivity contribution in [2.24, 2.45) is 5.73 Å². The highest BCUT2D eigenvalue weighted by Gasteiger charge is 2.20. The number of ether oxygens (including phenoxy) is 1. The fraction of sp³-hybridized carbons (Fsp3) is 0.462. The predicted octanol–water partition coefficient (Wildman–Crippen LogP) is 2.46. The Balaban J connectivity index is 3.18. The summed E-state index contributed by atoms with van der Waals surface area (Å²) in [5.74, 6) is -1.94. The fourth-order valence-corrected chi connectivity index (χ4v) is 1.96. The van der Waals surface area contributed by atoms with Gasteiger partial charge in [-0.1, -0.05) is 12.2 Å². The summed E-state index contributed by atoms with van der Waals surface area (Å²) in [6, 6.07) is 2.90. The number of hydrogen-bond donors (Lipinski definition) is 1. The summed E-state index contributed by atoms with van der Waals surface area (Å²) in [4.78, 5) is 1.57. The Labute approximate surface area is 117 Å². The van der Waals surface area contributed by atoms with E-state index >= 15 is 0 Å². The van der Waals surface area contributed by atoms with Gasteiger partial charge in [-0.3, -0.25) is 0 Å². The first-order valence-electron chi connectivity index (χ1n) is 5.93. The highest BCUT2D eigenvalue weighted by molar-refractivity contribution is 7.80. The van der Waals surface area contributed by atoms with E-state index in [0.29, 0.717) is 13.2 Å². The van der Waals surface area contributed by atoms with Crippen molar-refractivity contribution in [1.29, 1.82) is 0 Å². The summed E-state index contributed by atoms with van der Waals surface area (Å²) in [6.45, 7) is 4.69. The van der Waals surface area contributed by atoms with Crippen LogP contribution < -0.4 is 10.6 Å². The topological polar surface area (TPSA) is 38.5 Å². The zero-order chi connectivity index (χ0) is 14.6. The molecule has 0 atom stereocenters. The monoisotopic (exact) mass is 288 g/mol. The number of nitrogens with two attached hydrogens (primary N) is 1. The van der Waals surface area contributed by atoms with Crippen LogP contribution in [0.2, 0.25) is 0 Å². The summed E-state index contributed by atoms with van der Waals surface area (Å²) in [6.07, 6.45) is 0. The molecule has 0 saturated carbocycles. The van der Waals surface area contributed by atoms with Gasteiger partial charge in [-0.2, -0.15) is 0 Å². The van der Waals surface area contributed by atoms with E-state index in [1.807, 2.05) is 13.8 Å². The zero-order valence-corrected chi connectivity index (χ0v) is 12.1. The molecule has 0 saturated heterocycles. The number of rotatable bonds is 6. The van der Waals surface area contributed by atoms with Gasteiger partial charge in [-0.15, -0.1) is 0 Å². The maximum Gasteiger partial charge on any atom is 0.182 e. The van der Waals surface area contributed by atoms with Gasteiger partial charge in [0, 0.05) is 25.3 Å². The lowest BCUT2D eigenvalue weighted by Crippen LogP contribution is -2.35. The van der Waals surface area contributed by atoms with E-state index in [-0.39, 0.29) is 22.3 Å². The smallest absolute Gasteiger partial charge is 0.182 e. The second-order valence-corrected chi connectivity index (χ2v) is 4.84. The Morgan fingerprint density at radius 3 is 2.47 bits per heavy atom. The van der Waals surface area contributed by atoms with Gasteiger partial charge in [0.2, 0.25) is 0 Å². The van der Waals surface area contributed by atoms with Crippen LogP contribution in [0.4, 0.5) is 14.5 Å². The predicted molar refractivity (Wildman–Crippen MR) is 76.6 cm³/mol. The molecule has 0 unspecified atom stereocenters. The van der Waals surface area contributed by atoms with Gasteiger partial charge in [-0.05, 0) is 26.0 Å². The third-order valence-electron chi connectivity index (χ3n) is 2.80. The van der Waals surface area contributed by atoms with Gasteiger partial charge in [0.25, 0.3) is 0 Å². The summed E-state index contributed by atoms with van der Waals surface area (Å²) in [7, 11) is 1.56. The van der Waals surface area contributed by atoms with Crippen molar-refractivity contribution in [2.45, 2.75) is 19.9 Å². The lowest BCUT2D eigenvalue weighted by Gasteiger charge is -2.29. The molecule has 106 valence electrons. The van der Waals surface area contributed by atoms with Gasteiger partial charge in [0.1, 0.15) is 4.99 Å². The fourth-order valence-electron chi connectivity index (χ4n) is 1.80. The number of methoxy groups -OCH3 is 1. The lowest BCUT2D eigenvalue weighted by molar-refractivity contribution is 0.203. The summed E-state index contributed by atoms with van der Waals surface area (Å²) >= 11 is 4.68. The largest absolute Gasteiger partial charge is 0.389 e. The van der Waals surface area contributed by atoms with Crippen LogP contribution in [0, 0.1) is 11.6 Å². The highest BCUT2D eigenvalue weighted by atomic mass is 32.1. The van der Waals surface area contributed by atoms with Crippen molar-refractivity contribution in [3.8, 4) is 0 Å². The first-order valence-corrected chi connectivity index (χ1v) is 6.34. The van der Waals surface area contributed by atoms with Crippen molar-refractivity contribution >= 4 is 22.9 Å². The van der Waals surface area contributed by atoms with E-state index in [0.717, 1.165) is 0 Å². The molecule has 0 fully saturated rings. The number of hydrogen-bond acceptors (Lipinski definition) is 3. The Kier molecular flexibility index (Phi) is 5.62. The SMILES string of the molecule is COCCN(c1ccc(C(N)=S)c(F)c1F)C(C)C. The number of nitrogens with zero attached hydrogens (tertiary/aromatic N) is 1. The van der Waals surface area contributed by atoms with Crippen LogP contribution in [0.15, 0.2) is 12.1 Å². The Morgan fingerprint density at radius 1 is 1.37 bits per heavy atom. The number of halogens is 2. The van der Waals surface area contributed by atoms with Crippen molar-refractivity contribution in [3.05, 3.63) is 29.3 Å². The molecule has 0 heterocycles. The molecular formula is C13H18F2N2OS. The average molecular weight is 288 g/mol. The van der Waals surface area contributed by atoms with Gasteiger partial charge < -0.3 is 15.4 Å². The number of anilines is 1. The minimum atomic E-state index is -1.01. The van der Waals surface area contributed by atoms with Crippen LogP contribution in [0.1, 0.15) is 19.4 Å². The van der Waals surface area contributed by atoms with E-state index in [1.54, 1.807) is 12.0 Å². The Hall–Kier alpha value is -1.27. The van der Waals surface area contributed by atoms with Crippen LogP contribution in [-0.2, 0) is 4.74 Å². The normalized spacial score (nSPS) is 10.8. The van der Waals surface area contributed by atoms with Crippen molar-refractivity contribution < 1.29 is 13.5 Å². The molecule has 0 aliphatic heterocycles. The molecule has 0 spiro atoms.